The molecule has 1 saturated heterocycles. The lowest BCUT2D eigenvalue weighted by Crippen LogP contribution is -2.32. The molecule has 0 unspecified atom stereocenters. The molecule has 1 aliphatic carbocycles. The molecule has 11 nitrogen and oxygen atoms in total. The molecule has 2 amide bonds. The van der Waals surface area contributed by atoms with Crippen molar-refractivity contribution in [3.05, 3.63) is 65.5 Å². The number of amides is 2. The Kier molecular flexibility index (Phi) is 6.15. The van der Waals surface area contributed by atoms with Crippen LogP contribution in [0.5, 0.6) is 0 Å². The minimum Gasteiger partial charge on any atom is -0.481 e. The second kappa shape index (κ2) is 9.55. The smallest absolute Gasteiger partial charge is 0.414 e. The van der Waals surface area contributed by atoms with Crippen molar-refractivity contribution in [1.29, 1.82) is 0 Å². The number of hydrogen-bond donors (Lipinski definition) is 4. The van der Waals surface area contributed by atoms with Crippen molar-refractivity contribution in [3.8, 4) is 11.1 Å². The summed E-state index contributed by atoms with van der Waals surface area (Å²) in [5, 5.41) is 20.3. The van der Waals surface area contributed by atoms with Gasteiger partial charge in [0, 0.05) is 12.5 Å². The molecule has 5 rings (SSSR count). The van der Waals surface area contributed by atoms with E-state index in [9.17, 15) is 14.4 Å². The first-order valence-corrected chi connectivity index (χ1v) is 11.2. The summed E-state index contributed by atoms with van der Waals surface area (Å²) >= 11 is 0. The summed E-state index contributed by atoms with van der Waals surface area (Å²) in [6, 6.07) is 16.0. The number of carboxylic acid groups (broad SMARTS) is 1. The third-order valence-electron chi connectivity index (χ3n) is 6.18. The maximum atomic E-state index is 12.4. The Bertz CT molecular complexity index is 1230. The number of carbonyl (C=O) groups excluding carboxylic acids is 2. The average molecular weight is 477 g/mol. The summed E-state index contributed by atoms with van der Waals surface area (Å²) in [7, 11) is 0. The van der Waals surface area contributed by atoms with Crippen LogP contribution < -0.4 is 10.6 Å². The van der Waals surface area contributed by atoms with E-state index in [2.05, 4.69) is 37.9 Å². The van der Waals surface area contributed by atoms with Gasteiger partial charge in [0.2, 0.25) is 5.82 Å². The Balaban J connectivity index is 1.13. The van der Waals surface area contributed by atoms with E-state index in [0.29, 0.717) is 6.42 Å². The number of benzene rings is 2. The van der Waals surface area contributed by atoms with Crippen LogP contribution in [0.25, 0.3) is 11.1 Å². The van der Waals surface area contributed by atoms with Gasteiger partial charge in [-0.25, -0.2) is 4.79 Å². The topological polar surface area (TPSA) is 156 Å². The molecule has 0 radical (unpaired) electrons. The normalized spacial score (nSPS) is 18.5. The molecule has 2 aromatic carbocycles. The highest BCUT2D eigenvalue weighted by atomic mass is 16.5. The number of rotatable bonds is 7. The molecule has 1 aliphatic heterocycles. The first kappa shape index (κ1) is 22.5. The van der Waals surface area contributed by atoms with Gasteiger partial charge in [-0.1, -0.05) is 48.5 Å². The molecule has 2 aliphatic rings. The van der Waals surface area contributed by atoms with Crippen molar-refractivity contribution in [2.75, 3.05) is 25.1 Å². The average Bonchev–Trinajstić information content (AvgIpc) is 3.59. The molecule has 180 valence electrons. The van der Waals surface area contributed by atoms with Crippen LogP contribution in [0.4, 0.5) is 10.7 Å². The van der Waals surface area contributed by atoms with E-state index < -0.39 is 23.9 Å². The SMILES string of the molecule is O=C(Nc1n[nH]c(C(=O)NC[C@@H]2C[C@H](C(=O)O)CO2)n1)OCC1c2ccccc2-c2ccccc21. The van der Waals surface area contributed by atoms with E-state index in [-0.39, 0.29) is 43.6 Å². The minimum absolute atomic E-state index is 0.0832. The fourth-order valence-electron chi connectivity index (χ4n) is 4.46. The summed E-state index contributed by atoms with van der Waals surface area (Å²) in [6.07, 6.45) is -0.807. The first-order chi connectivity index (χ1) is 17.0. The number of nitrogens with one attached hydrogen (secondary N) is 3. The minimum atomic E-state index is -0.919. The molecule has 2 heterocycles. The van der Waals surface area contributed by atoms with Crippen molar-refractivity contribution in [2.45, 2.75) is 18.4 Å². The van der Waals surface area contributed by atoms with E-state index in [0.717, 1.165) is 22.3 Å². The van der Waals surface area contributed by atoms with Crippen molar-refractivity contribution in [1.82, 2.24) is 20.5 Å². The van der Waals surface area contributed by atoms with Crippen LogP contribution in [0.2, 0.25) is 0 Å². The molecule has 0 bridgehead atoms. The van der Waals surface area contributed by atoms with Crippen LogP contribution in [0.1, 0.15) is 34.1 Å². The maximum absolute atomic E-state index is 12.4. The van der Waals surface area contributed by atoms with Crippen LogP contribution in [-0.4, -0.2) is 64.1 Å². The molecule has 11 heteroatoms. The van der Waals surface area contributed by atoms with Gasteiger partial charge in [-0.15, -0.1) is 5.10 Å². The molecule has 35 heavy (non-hydrogen) atoms. The number of hydrogen-bond acceptors (Lipinski definition) is 7. The molecule has 0 saturated carbocycles. The lowest BCUT2D eigenvalue weighted by molar-refractivity contribution is -0.141. The number of carbonyl (C=O) groups is 3. The fourth-order valence-corrected chi connectivity index (χ4v) is 4.46. The summed E-state index contributed by atoms with van der Waals surface area (Å²) < 4.78 is 10.8. The summed E-state index contributed by atoms with van der Waals surface area (Å²) in [4.78, 5) is 39.6. The van der Waals surface area contributed by atoms with E-state index >= 15 is 0 Å². The number of ether oxygens (including phenoxy) is 2. The number of H-pyrrole nitrogens is 1. The Morgan fingerprint density at radius 2 is 1.77 bits per heavy atom. The van der Waals surface area contributed by atoms with Gasteiger partial charge in [0.25, 0.3) is 11.9 Å². The van der Waals surface area contributed by atoms with E-state index in [1.165, 1.54) is 0 Å². The zero-order valence-electron chi connectivity index (χ0n) is 18.6. The molecule has 2 atom stereocenters. The van der Waals surface area contributed by atoms with Gasteiger partial charge < -0.3 is 19.9 Å². The summed E-state index contributed by atoms with van der Waals surface area (Å²) in [6.45, 7) is 0.390. The van der Waals surface area contributed by atoms with Crippen molar-refractivity contribution in [3.63, 3.8) is 0 Å². The molecular formula is C24H23N5O6. The fraction of sp³-hybridized carbons (Fsp3) is 0.292. The molecule has 1 aromatic heterocycles. The second-order valence-electron chi connectivity index (χ2n) is 8.39. The lowest BCUT2D eigenvalue weighted by Gasteiger charge is -2.13. The zero-order chi connectivity index (χ0) is 24.4. The van der Waals surface area contributed by atoms with Gasteiger partial charge in [-0.3, -0.25) is 20.0 Å². The zero-order valence-corrected chi connectivity index (χ0v) is 18.6. The second-order valence-corrected chi connectivity index (χ2v) is 8.39. The van der Waals surface area contributed by atoms with Gasteiger partial charge in [-0.05, 0) is 28.7 Å². The van der Waals surface area contributed by atoms with E-state index in [1.54, 1.807) is 0 Å². The highest BCUT2D eigenvalue weighted by Crippen LogP contribution is 2.44. The third-order valence-corrected chi connectivity index (χ3v) is 6.18. The number of carboxylic acids is 1. The van der Waals surface area contributed by atoms with Gasteiger partial charge in [-0.2, -0.15) is 4.98 Å². The number of nitrogens with zero attached hydrogens (tertiary/aromatic N) is 2. The standard InChI is InChI=1S/C24H23N5O6/c30-21(25-10-14-9-13(11-34-14)22(31)32)20-26-23(29-28-20)27-24(33)35-12-19-17-7-3-1-5-15(17)16-6-2-4-8-18(16)19/h1-8,13-14,19H,9-12H2,(H,25,30)(H,31,32)(H2,26,27,28,29,33)/t13-,14-/m0/s1. The van der Waals surface area contributed by atoms with Crippen molar-refractivity contribution >= 4 is 23.9 Å². The monoisotopic (exact) mass is 477 g/mol. The molecular weight excluding hydrogens is 454 g/mol. The number of aromatic amines is 1. The molecule has 0 spiro atoms. The Morgan fingerprint density at radius 3 is 2.43 bits per heavy atom. The number of aliphatic carboxylic acids is 1. The molecule has 3 aromatic rings. The predicted molar refractivity (Wildman–Crippen MR) is 123 cm³/mol. The number of aromatic nitrogens is 3. The van der Waals surface area contributed by atoms with Gasteiger partial charge in [0.05, 0.1) is 18.6 Å². The quantitative estimate of drug-likeness (QED) is 0.404. The highest BCUT2D eigenvalue weighted by molar-refractivity contribution is 5.91. The largest absolute Gasteiger partial charge is 0.481 e. The summed E-state index contributed by atoms with van der Waals surface area (Å²) in [5.74, 6) is -2.34. The van der Waals surface area contributed by atoms with Crippen LogP contribution in [-0.2, 0) is 14.3 Å². The number of fused-ring (bicyclic) bond motifs is 3. The van der Waals surface area contributed by atoms with Gasteiger partial charge in [0.15, 0.2) is 0 Å². The third kappa shape index (κ3) is 4.71. The van der Waals surface area contributed by atoms with Gasteiger partial charge in [0.1, 0.15) is 6.61 Å². The summed E-state index contributed by atoms with van der Waals surface area (Å²) in [5.41, 5.74) is 4.45. The van der Waals surface area contributed by atoms with Crippen LogP contribution in [0.3, 0.4) is 0 Å². The van der Waals surface area contributed by atoms with E-state index in [4.69, 9.17) is 14.6 Å². The molecule has 1 fully saturated rings. The first-order valence-electron chi connectivity index (χ1n) is 11.2. The van der Waals surface area contributed by atoms with Crippen molar-refractivity contribution < 1.29 is 29.0 Å². The van der Waals surface area contributed by atoms with Crippen LogP contribution >= 0.6 is 0 Å². The van der Waals surface area contributed by atoms with Crippen LogP contribution in [0, 0.1) is 5.92 Å². The van der Waals surface area contributed by atoms with E-state index in [1.807, 2.05) is 36.4 Å². The van der Waals surface area contributed by atoms with Crippen molar-refractivity contribution in [2.24, 2.45) is 5.92 Å². The predicted octanol–water partition coefficient (Wildman–Crippen LogP) is 2.39. The van der Waals surface area contributed by atoms with Crippen LogP contribution in [0.15, 0.2) is 48.5 Å². The highest BCUT2D eigenvalue weighted by Gasteiger charge is 2.31. The van der Waals surface area contributed by atoms with Gasteiger partial charge >= 0.3 is 12.1 Å². The Morgan fingerprint density at radius 1 is 1.09 bits per heavy atom. The Labute approximate surface area is 199 Å². The lowest BCUT2D eigenvalue weighted by atomic mass is 9.98. The maximum Gasteiger partial charge on any atom is 0.414 e. The number of anilines is 1. The Hall–Kier alpha value is -4.25. The molecule has 4 N–H and O–H groups in total.